The lowest BCUT2D eigenvalue weighted by Crippen LogP contribution is -2.29. The Hall–Kier alpha value is -2.57. The molecule has 1 atom stereocenters. The van der Waals surface area contributed by atoms with E-state index in [0.29, 0.717) is 16.1 Å². The molecule has 0 aliphatic rings. The van der Waals surface area contributed by atoms with E-state index in [1.807, 2.05) is 30.3 Å². The third-order valence-corrected chi connectivity index (χ3v) is 5.01. The third-order valence-electron chi connectivity index (χ3n) is 4.44. The zero-order chi connectivity index (χ0) is 20.1. The summed E-state index contributed by atoms with van der Waals surface area (Å²) in [4.78, 5) is 24.9. The number of carbonyl (C=O) groups excluding carboxylic acids is 2. The Morgan fingerprint density at radius 3 is 2.64 bits per heavy atom. The van der Waals surface area contributed by atoms with E-state index in [1.54, 1.807) is 12.3 Å². The van der Waals surface area contributed by atoms with E-state index < -0.39 is 17.9 Å². The summed E-state index contributed by atoms with van der Waals surface area (Å²) in [6.45, 7) is 0.0665. The van der Waals surface area contributed by atoms with Crippen LogP contribution in [0.2, 0.25) is 5.02 Å². The highest BCUT2D eigenvalue weighted by Gasteiger charge is 2.31. The molecule has 3 aromatic rings. The van der Waals surface area contributed by atoms with Crippen LogP contribution in [-0.4, -0.2) is 29.2 Å². The number of carbonyl (C=O) groups is 2. The molecule has 0 bridgehead atoms. The molecule has 0 fully saturated rings. The van der Waals surface area contributed by atoms with Gasteiger partial charge in [0.2, 0.25) is 0 Å². The quantitative estimate of drug-likeness (QED) is 0.354. The van der Waals surface area contributed by atoms with Gasteiger partial charge in [0.15, 0.2) is 5.92 Å². The minimum absolute atomic E-state index is 0.0587. The van der Waals surface area contributed by atoms with E-state index in [9.17, 15) is 9.59 Å². The molecule has 1 heterocycles. The number of hydrogen-bond donors (Lipinski definition) is 1. The standard InChI is InChI=1S/C20H18Cl2N2O4/c1-27-19(25)14(20(26)28-11-12-5-3-2-4-6-12)7-13-8-17(22)18-16(10-23-24-18)15(13)9-21/h2-6,8,10,14H,7,9,11H2,1H3,(H,23,24). The fraction of sp³-hybridized carbons (Fsp3) is 0.250. The smallest absolute Gasteiger partial charge is 0.321 e. The van der Waals surface area contributed by atoms with Gasteiger partial charge in [-0.15, -0.1) is 11.6 Å². The Labute approximate surface area is 171 Å². The molecule has 1 N–H and O–H groups in total. The predicted octanol–water partition coefficient (Wildman–Crippen LogP) is 4.03. The summed E-state index contributed by atoms with van der Waals surface area (Å²) in [5.74, 6) is -2.30. The van der Waals surface area contributed by atoms with Crippen LogP contribution in [0.15, 0.2) is 42.6 Å². The molecule has 28 heavy (non-hydrogen) atoms. The molecule has 1 aromatic heterocycles. The predicted molar refractivity (Wildman–Crippen MR) is 106 cm³/mol. The first-order chi connectivity index (χ1) is 13.5. The summed E-state index contributed by atoms with van der Waals surface area (Å²) < 4.78 is 10.1. The number of nitrogens with zero attached hydrogens (tertiary/aromatic N) is 1. The van der Waals surface area contributed by atoms with Crippen molar-refractivity contribution in [2.24, 2.45) is 5.92 Å². The number of aromatic amines is 1. The number of methoxy groups -OCH3 is 1. The molecule has 6 nitrogen and oxygen atoms in total. The number of H-pyrrole nitrogens is 1. The van der Waals surface area contributed by atoms with Crippen molar-refractivity contribution in [3.63, 3.8) is 0 Å². The monoisotopic (exact) mass is 420 g/mol. The molecule has 1 unspecified atom stereocenters. The summed E-state index contributed by atoms with van der Waals surface area (Å²) >= 11 is 12.4. The highest BCUT2D eigenvalue weighted by molar-refractivity contribution is 6.35. The van der Waals surface area contributed by atoms with Crippen molar-refractivity contribution in [1.29, 1.82) is 0 Å². The largest absolute Gasteiger partial charge is 0.468 e. The van der Waals surface area contributed by atoms with Gasteiger partial charge in [0, 0.05) is 11.3 Å². The second kappa shape index (κ2) is 9.08. The molecule has 0 aliphatic heterocycles. The topological polar surface area (TPSA) is 81.3 Å². The number of nitrogens with one attached hydrogen (secondary N) is 1. The van der Waals surface area contributed by atoms with Crippen molar-refractivity contribution in [2.45, 2.75) is 18.9 Å². The zero-order valence-corrected chi connectivity index (χ0v) is 16.6. The van der Waals surface area contributed by atoms with Crippen LogP contribution >= 0.6 is 23.2 Å². The van der Waals surface area contributed by atoms with Crippen molar-refractivity contribution in [1.82, 2.24) is 10.2 Å². The molecule has 0 saturated carbocycles. The second-order valence-electron chi connectivity index (χ2n) is 6.16. The number of benzene rings is 2. The minimum atomic E-state index is -1.13. The van der Waals surface area contributed by atoms with E-state index >= 15 is 0 Å². The molecule has 0 amide bonds. The molecule has 8 heteroatoms. The van der Waals surface area contributed by atoms with Crippen molar-refractivity contribution in [2.75, 3.05) is 7.11 Å². The van der Waals surface area contributed by atoms with Gasteiger partial charge in [-0.05, 0) is 29.2 Å². The molecule has 0 aliphatic carbocycles. The van der Waals surface area contributed by atoms with Crippen LogP contribution in [0.25, 0.3) is 10.9 Å². The molecule has 3 rings (SSSR count). The Bertz CT molecular complexity index is 989. The first-order valence-electron chi connectivity index (χ1n) is 8.52. The van der Waals surface area contributed by atoms with Crippen molar-refractivity contribution in [3.05, 3.63) is 64.3 Å². The van der Waals surface area contributed by atoms with Crippen LogP contribution < -0.4 is 0 Å². The first kappa shape index (κ1) is 20.2. The summed E-state index contributed by atoms with van der Waals surface area (Å²) in [5, 5.41) is 7.98. The fourth-order valence-electron chi connectivity index (χ4n) is 2.98. The van der Waals surface area contributed by atoms with E-state index in [1.165, 1.54) is 7.11 Å². The number of ether oxygens (including phenoxy) is 2. The van der Waals surface area contributed by atoms with Gasteiger partial charge >= 0.3 is 11.9 Å². The Morgan fingerprint density at radius 2 is 1.96 bits per heavy atom. The number of hydrogen-bond acceptors (Lipinski definition) is 5. The lowest BCUT2D eigenvalue weighted by molar-refractivity contribution is -0.161. The maximum Gasteiger partial charge on any atom is 0.321 e. The highest BCUT2D eigenvalue weighted by atomic mass is 35.5. The van der Waals surface area contributed by atoms with Gasteiger partial charge in [-0.25, -0.2) is 0 Å². The molecule has 146 valence electrons. The Balaban J connectivity index is 1.85. The number of aromatic nitrogens is 2. The number of alkyl halides is 1. The van der Waals surface area contributed by atoms with Gasteiger partial charge < -0.3 is 9.47 Å². The lowest BCUT2D eigenvalue weighted by atomic mass is 9.94. The molecular formula is C20H18Cl2N2O4. The molecule has 2 aromatic carbocycles. The first-order valence-corrected chi connectivity index (χ1v) is 9.44. The van der Waals surface area contributed by atoms with Crippen LogP contribution in [0, 0.1) is 5.92 Å². The number of rotatable bonds is 7. The van der Waals surface area contributed by atoms with Gasteiger partial charge in [-0.2, -0.15) is 5.10 Å². The zero-order valence-electron chi connectivity index (χ0n) is 15.1. The number of esters is 2. The summed E-state index contributed by atoms with van der Waals surface area (Å²) in [6, 6.07) is 10.9. The molecular weight excluding hydrogens is 403 g/mol. The van der Waals surface area contributed by atoms with Gasteiger partial charge in [0.25, 0.3) is 0 Å². The van der Waals surface area contributed by atoms with Crippen LogP contribution in [0.1, 0.15) is 16.7 Å². The SMILES string of the molecule is COC(=O)C(Cc1cc(Cl)c2[nH]ncc2c1CCl)C(=O)OCc1ccccc1. The van der Waals surface area contributed by atoms with Gasteiger partial charge in [0.05, 0.1) is 23.8 Å². The van der Waals surface area contributed by atoms with E-state index in [0.717, 1.165) is 16.5 Å². The number of halogens is 2. The average molecular weight is 421 g/mol. The summed E-state index contributed by atoms with van der Waals surface area (Å²) in [6.07, 6.45) is 1.67. The van der Waals surface area contributed by atoms with Gasteiger partial charge in [0.1, 0.15) is 6.61 Å². The minimum Gasteiger partial charge on any atom is -0.468 e. The van der Waals surface area contributed by atoms with E-state index in [4.69, 9.17) is 32.7 Å². The van der Waals surface area contributed by atoms with Crippen LogP contribution in [0.3, 0.4) is 0 Å². The molecule has 0 spiro atoms. The average Bonchev–Trinajstić information content (AvgIpc) is 3.21. The van der Waals surface area contributed by atoms with Crippen LogP contribution in [0.4, 0.5) is 0 Å². The third kappa shape index (κ3) is 4.29. The van der Waals surface area contributed by atoms with Crippen molar-refractivity contribution < 1.29 is 19.1 Å². The second-order valence-corrected chi connectivity index (χ2v) is 6.84. The highest BCUT2D eigenvalue weighted by Crippen LogP contribution is 2.31. The Kier molecular flexibility index (Phi) is 6.54. The van der Waals surface area contributed by atoms with Crippen LogP contribution in [-0.2, 0) is 38.0 Å². The van der Waals surface area contributed by atoms with E-state index in [2.05, 4.69) is 10.2 Å². The summed E-state index contributed by atoms with van der Waals surface area (Å²) in [7, 11) is 1.23. The normalized spacial score (nSPS) is 12.0. The summed E-state index contributed by atoms with van der Waals surface area (Å²) in [5.41, 5.74) is 2.90. The Morgan fingerprint density at radius 1 is 1.21 bits per heavy atom. The van der Waals surface area contributed by atoms with Crippen molar-refractivity contribution in [3.8, 4) is 0 Å². The maximum atomic E-state index is 12.6. The van der Waals surface area contributed by atoms with Crippen molar-refractivity contribution >= 4 is 46.0 Å². The maximum absolute atomic E-state index is 12.6. The van der Waals surface area contributed by atoms with E-state index in [-0.39, 0.29) is 18.9 Å². The van der Waals surface area contributed by atoms with Crippen LogP contribution in [0.5, 0.6) is 0 Å². The van der Waals surface area contributed by atoms with Gasteiger partial charge in [-0.1, -0.05) is 41.9 Å². The molecule has 0 radical (unpaired) electrons. The fourth-order valence-corrected chi connectivity index (χ4v) is 3.57. The van der Waals surface area contributed by atoms with Gasteiger partial charge in [-0.3, -0.25) is 14.7 Å². The molecule has 0 saturated heterocycles. The number of fused-ring (bicyclic) bond motifs is 1. The lowest BCUT2D eigenvalue weighted by Gasteiger charge is -2.17.